The molecule has 1 saturated heterocycles. The second-order valence-electron chi connectivity index (χ2n) is 7.42. The van der Waals surface area contributed by atoms with Crippen LogP contribution in [0.15, 0.2) is 54.6 Å². The number of hydrogen-bond donors (Lipinski definition) is 1. The van der Waals surface area contributed by atoms with Gasteiger partial charge in [-0.25, -0.2) is 0 Å². The van der Waals surface area contributed by atoms with Crippen LogP contribution >= 0.6 is 0 Å². The number of ether oxygens (including phenoxy) is 2. The smallest absolute Gasteiger partial charge is 0.251 e. The van der Waals surface area contributed by atoms with Gasteiger partial charge in [0.05, 0.1) is 5.69 Å². The Kier molecular flexibility index (Phi) is 4.93. The fourth-order valence-electron chi connectivity index (χ4n) is 3.72. The summed E-state index contributed by atoms with van der Waals surface area (Å²) >= 11 is 0. The Bertz CT molecular complexity index is 1050. The second-order valence-corrected chi connectivity index (χ2v) is 7.42. The maximum atomic E-state index is 12.5. The number of anilines is 1. The van der Waals surface area contributed by atoms with Crippen molar-refractivity contribution in [3.05, 3.63) is 65.7 Å². The lowest BCUT2D eigenvalue weighted by Crippen LogP contribution is -2.22. The Balaban J connectivity index is 1.21. The summed E-state index contributed by atoms with van der Waals surface area (Å²) in [6.45, 7) is 2.75. The highest BCUT2D eigenvalue weighted by Gasteiger charge is 2.15. The minimum Gasteiger partial charge on any atom is -0.454 e. The Morgan fingerprint density at radius 2 is 1.73 bits per heavy atom. The van der Waals surface area contributed by atoms with Crippen LogP contribution in [0.1, 0.15) is 28.8 Å². The molecule has 152 valence electrons. The number of aromatic nitrogens is 2. The second kappa shape index (κ2) is 8.02. The van der Waals surface area contributed by atoms with E-state index in [-0.39, 0.29) is 12.7 Å². The normalized spacial score (nSPS) is 14.7. The van der Waals surface area contributed by atoms with E-state index in [4.69, 9.17) is 9.47 Å². The number of rotatable bonds is 5. The van der Waals surface area contributed by atoms with Gasteiger partial charge in [-0.05, 0) is 54.8 Å². The first-order valence-electron chi connectivity index (χ1n) is 10.1. The number of nitrogens with one attached hydrogen (secondary N) is 1. The molecule has 0 aliphatic carbocycles. The zero-order valence-electron chi connectivity index (χ0n) is 16.5. The van der Waals surface area contributed by atoms with E-state index in [9.17, 15) is 4.79 Å². The molecule has 2 aliphatic heterocycles. The summed E-state index contributed by atoms with van der Waals surface area (Å²) < 4.78 is 10.7. The first-order chi connectivity index (χ1) is 14.8. The largest absolute Gasteiger partial charge is 0.454 e. The predicted molar refractivity (Wildman–Crippen MR) is 113 cm³/mol. The highest BCUT2D eigenvalue weighted by molar-refractivity contribution is 5.94. The van der Waals surface area contributed by atoms with Crippen molar-refractivity contribution < 1.29 is 14.3 Å². The maximum absolute atomic E-state index is 12.5. The molecule has 2 aromatic carbocycles. The highest BCUT2D eigenvalue weighted by Crippen LogP contribution is 2.32. The molecule has 3 heterocycles. The average Bonchev–Trinajstić information content (AvgIpc) is 3.49. The Morgan fingerprint density at radius 3 is 2.50 bits per heavy atom. The maximum Gasteiger partial charge on any atom is 0.251 e. The first kappa shape index (κ1) is 18.4. The fraction of sp³-hybridized carbons (Fsp3) is 0.261. The lowest BCUT2D eigenvalue weighted by atomic mass is 10.1. The molecule has 5 rings (SSSR count). The number of benzene rings is 2. The average molecular weight is 402 g/mol. The van der Waals surface area contributed by atoms with Gasteiger partial charge in [-0.15, -0.1) is 10.2 Å². The number of carbonyl (C=O) groups excluding carboxylic acids is 1. The van der Waals surface area contributed by atoms with Crippen LogP contribution < -0.4 is 19.7 Å². The van der Waals surface area contributed by atoms with Crippen LogP contribution in [-0.2, 0) is 6.54 Å². The third-order valence-electron chi connectivity index (χ3n) is 5.41. The molecule has 7 nitrogen and oxygen atoms in total. The molecule has 2 aliphatic rings. The quantitative estimate of drug-likeness (QED) is 0.705. The monoisotopic (exact) mass is 402 g/mol. The van der Waals surface area contributed by atoms with E-state index >= 15 is 0 Å². The fourth-order valence-corrected chi connectivity index (χ4v) is 3.72. The molecular weight excluding hydrogens is 380 g/mol. The van der Waals surface area contributed by atoms with Crippen LogP contribution in [0.3, 0.4) is 0 Å². The summed E-state index contributed by atoms with van der Waals surface area (Å²) in [6.07, 6.45) is 2.42. The summed E-state index contributed by atoms with van der Waals surface area (Å²) in [4.78, 5) is 14.7. The van der Waals surface area contributed by atoms with Crippen molar-refractivity contribution in [2.45, 2.75) is 19.4 Å². The molecule has 1 aromatic heterocycles. The Morgan fingerprint density at radius 1 is 0.933 bits per heavy atom. The van der Waals surface area contributed by atoms with E-state index in [1.54, 1.807) is 12.1 Å². The molecule has 1 fully saturated rings. The van der Waals surface area contributed by atoms with Crippen molar-refractivity contribution in [1.82, 2.24) is 15.5 Å². The van der Waals surface area contributed by atoms with Gasteiger partial charge in [0.25, 0.3) is 5.91 Å². The summed E-state index contributed by atoms with van der Waals surface area (Å²) in [6, 6.07) is 17.1. The van der Waals surface area contributed by atoms with Crippen LogP contribution in [-0.4, -0.2) is 36.0 Å². The number of nitrogens with zero attached hydrogens (tertiary/aromatic N) is 3. The van der Waals surface area contributed by atoms with Crippen LogP contribution in [0.4, 0.5) is 5.82 Å². The number of carbonyl (C=O) groups is 1. The van der Waals surface area contributed by atoms with E-state index in [0.29, 0.717) is 17.9 Å². The molecule has 0 unspecified atom stereocenters. The van der Waals surface area contributed by atoms with E-state index in [2.05, 4.69) is 20.4 Å². The predicted octanol–water partition coefficient (Wildman–Crippen LogP) is 3.40. The lowest BCUT2D eigenvalue weighted by Gasteiger charge is -2.15. The number of fused-ring (bicyclic) bond motifs is 1. The van der Waals surface area contributed by atoms with Gasteiger partial charge >= 0.3 is 0 Å². The van der Waals surface area contributed by atoms with Crippen molar-refractivity contribution in [1.29, 1.82) is 0 Å². The topological polar surface area (TPSA) is 76.6 Å². The van der Waals surface area contributed by atoms with Gasteiger partial charge in [0.2, 0.25) is 6.79 Å². The van der Waals surface area contributed by atoms with Gasteiger partial charge in [0.15, 0.2) is 17.3 Å². The van der Waals surface area contributed by atoms with E-state index in [1.165, 1.54) is 12.8 Å². The van der Waals surface area contributed by atoms with Crippen LogP contribution in [0.5, 0.6) is 11.5 Å². The van der Waals surface area contributed by atoms with E-state index in [1.807, 2.05) is 42.5 Å². The van der Waals surface area contributed by atoms with Crippen LogP contribution in [0, 0.1) is 0 Å². The summed E-state index contributed by atoms with van der Waals surface area (Å²) in [7, 11) is 0. The van der Waals surface area contributed by atoms with Gasteiger partial charge in [0, 0.05) is 30.8 Å². The molecule has 0 bridgehead atoms. The molecule has 0 saturated carbocycles. The zero-order valence-corrected chi connectivity index (χ0v) is 16.5. The van der Waals surface area contributed by atoms with Crippen molar-refractivity contribution in [2.24, 2.45) is 0 Å². The molecule has 30 heavy (non-hydrogen) atoms. The van der Waals surface area contributed by atoms with Crippen molar-refractivity contribution in [3.8, 4) is 22.8 Å². The Labute approximate surface area is 174 Å². The highest BCUT2D eigenvalue weighted by atomic mass is 16.7. The standard InChI is InChI=1S/C23H22N4O3/c28-23(24-14-16-3-9-20-21(13-16)30-15-29-20)18-6-4-17(5-7-18)19-8-10-22(26-25-19)27-11-1-2-12-27/h3-10,13H,1-2,11-12,14-15H2,(H,24,28). The molecule has 0 radical (unpaired) electrons. The SMILES string of the molecule is O=C(NCc1ccc2c(c1)OCO2)c1ccc(-c2ccc(N3CCCC3)nn2)cc1. The molecule has 1 N–H and O–H groups in total. The molecule has 7 heteroatoms. The molecule has 1 amide bonds. The summed E-state index contributed by atoms with van der Waals surface area (Å²) in [5.41, 5.74) is 3.28. The number of hydrogen-bond acceptors (Lipinski definition) is 6. The first-order valence-corrected chi connectivity index (χ1v) is 10.1. The molecular formula is C23H22N4O3. The van der Waals surface area contributed by atoms with Gasteiger partial charge in [-0.3, -0.25) is 4.79 Å². The van der Waals surface area contributed by atoms with Crippen LogP contribution in [0.2, 0.25) is 0 Å². The summed E-state index contributed by atoms with van der Waals surface area (Å²) in [5, 5.41) is 11.7. The minimum atomic E-state index is -0.130. The van der Waals surface area contributed by atoms with E-state index in [0.717, 1.165) is 41.5 Å². The molecule has 0 atom stereocenters. The van der Waals surface area contributed by atoms with Gasteiger partial charge < -0.3 is 19.7 Å². The lowest BCUT2D eigenvalue weighted by molar-refractivity contribution is 0.0951. The summed E-state index contributed by atoms with van der Waals surface area (Å²) in [5.74, 6) is 2.24. The van der Waals surface area contributed by atoms with Gasteiger partial charge in [-0.2, -0.15) is 0 Å². The minimum absolute atomic E-state index is 0.130. The molecule has 3 aromatic rings. The van der Waals surface area contributed by atoms with Crippen molar-refractivity contribution in [2.75, 3.05) is 24.8 Å². The van der Waals surface area contributed by atoms with Crippen molar-refractivity contribution in [3.63, 3.8) is 0 Å². The molecule has 0 spiro atoms. The Hall–Kier alpha value is -3.61. The van der Waals surface area contributed by atoms with Crippen LogP contribution in [0.25, 0.3) is 11.3 Å². The van der Waals surface area contributed by atoms with Gasteiger partial charge in [0.1, 0.15) is 0 Å². The van der Waals surface area contributed by atoms with E-state index < -0.39 is 0 Å². The number of amides is 1. The third kappa shape index (κ3) is 3.78. The van der Waals surface area contributed by atoms with Gasteiger partial charge in [-0.1, -0.05) is 18.2 Å². The van der Waals surface area contributed by atoms with Crippen molar-refractivity contribution >= 4 is 11.7 Å². The zero-order chi connectivity index (χ0) is 20.3. The third-order valence-corrected chi connectivity index (χ3v) is 5.41.